The Morgan fingerprint density at radius 1 is 1.11 bits per heavy atom. The second-order valence-electron chi connectivity index (χ2n) is 4.60. The molecule has 0 N–H and O–H groups in total. The minimum Gasteiger partial charge on any atom is -0.493 e. The van der Waals surface area contributed by atoms with Crippen LogP contribution in [0.3, 0.4) is 0 Å². The maximum absolute atomic E-state index is 5.97. The molecule has 3 rings (SSSR count). The Balaban J connectivity index is 1.71. The van der Waals surface area contributed by atoms with Gasteiger partial charge in [0.25, 0.3) is 0 Å². The summed E-state index contributed by atoms with van der Waals surface area (Å²) >= 11 is 7.84. The molecule has 0 saturated carbocycles. The highest BCUT2D eigenvalue weighted by Gasteiger charge is 2.23. The first-order chi connectivity index (χ1) is 9.38. The number of hydrogen-bond acceptors (Lipinski definition) is 2. The fourth-order valence-electron chi connectivity index (χ4n) is 2.31. The minimum atomic E-state index is 0.476. The molecule has 0 saturated heterocycles. The number of fused-ring (bicyclic) bond motifs is 1. The highest BCUT2D eigenvalue weighted by atomic mass is 35.5. The monoisotopic (exact) mass is 290 g/mol. The van der Waals surface area contributed by atoms with Gasteiger partial charge in [0.1, 0.15) is 5.75 Å². The van der Waals surface area contributed by atoms with Crippen LogP contribution in [-0.2, 0) is 5.88 Å². The van der Waals surface area contributed by atoms with Gasteiger partial charge in [0.2, 0.25) is 0 Å². The topological polar surface area (TPSA) is 9.23 Å². The fourth-order valence-corrected chi connectivity index (χ4v) is 3.77. The highest BCUT2D eigenvalue weighted by molar-refractivity contribution is 7.99. The summed E-state index contributed by atoms with van der Waals surface area (Å²) in [5.74, 6) is 2.98. The van der Waals surface area contributed by atoms with E-state index in [1.54, 1.807) is 0 Å². The maximum Gasteiger partial charge on any atom is 0.123 e. The van der Waals surface area contributed by atoms with Gasteiger partial charge in [0.15, 0.2) is 0 Å². The van der Waals surface area contributed by atoms with Crippen LogP contribution >= 0.6 is 23.4 Å². The Labute approximate surface area is 122 Å². The lowest BCUT2D eigenvalue weighted by atomic mass is 10.0. The zero-order valence-corrected chi connectivity index (χ0v) is 12.1. The van der Waals surface area contributed by atoms with Crippen molar-refractivity contribution in [3.8, 4) is 5.75 Å². The van der Waals surface area contributed by atoms with Crippen molar-refractivity contribution in [2.75, 3.05) is 12.4 Å². The summed E-state index contributed by atoms with van der Waals surface area (Å²) < 4.78 is 5.97. The number of rotatable bonds is 4. The van der Waals surface area contributed by atoms with Crippen LogP contribution in [0.5, 0.6) is 5.75 Å². The predicted molar refractivity (Wildman–Crippen MR) is 81.4 cm³/mol. The predicted octanol–water partition coefficient (Wildman–Crippen LogP) is 4.69. The van der Waals surface area contributed by atoms with Crippen molar-refractivity contribution >= 4 is 23.4 Å². The highest BCUT2D eigenvalue weighted by Crippen LogP contribution is 2.39. The van der Waals surface area contributed by atoms with Gasteiger partial charge in [-0.1, -0.05) is 36.4 Å². The average Bonchev–Trinajstić information content (AvgIpc) is 2.89. The number of alkyl halides is 1. The van der Waals surface area contributed by atoms with Gasteiger partial charge in [0, 0.05) is 22.1 Å². The first kappa shape index (κ1) is 12.9. The van der Waals surface area contributed by atoms with Gasteiger partial charge >= 0.3 is 0 Å². The molecule has 0 aliphatic carbocycles. The minimum absolute atomic E-state index is 0.476. The Kier molecular flexibility index (Phi) is 4.00. The van der Waals surface area contributed by atoms with Crippen molar-refractivity contribution in [2.45, 2.75) is 16.7 Å². The summed E-state index contributed by atoms with van der Waals surface area (Å²) in [5.41, 5.74) is 2.47. The van der Waals surface area contributed by atoms with E-state index in [9.17, 15) is 0 Å². The van der Waals surface area contributed by atoms with E-state index in [0.717, 1.165) is 23.7 Å². The van der Waals surface area contributed by atoms with Crippen LogP contribution in [0.2, 0.25) is 0 Å². The average molecular weight is 291 g/mol. The fraction of sp³-hybridized carbons (Fsp3) is 0.250. The van der Waals surface area contributed by atoms with Crippen molar-refractivity contribution in [1.29, 1.82) is 0 Å². The second-order valence-corrected chi connectivity index (χ2v) is 5.93. The van der Waals surface area contributed by atoms with E-state index in [1.807, 2.05) is 36.0 Å². The third-order valence-corrected chi connectivity index (χ3v) is 4.90. The van der Waals surface area contributed by atoms with Gasteiger partial charge in [-0.15, -0.1) is 23.4 Å². The van der Waals surface area contributed by atoms with Crippen LogP contribution in [0, 0.1) is 0 Å². The first-order valence-corrected chi connectivity index (χ1v) is 7.89. The second kappa shape index (κ2) is 5.89. The van der Waals surface area contributed by atoms with E-state index in [-0.39, 0.29) is 0 Å². The quantitative estimate of drug-likeness (QED) is 0.755. The summed E-state index contributed by atoms with van der Waals surface area (Å²) in [5, 5.41) is 0. The molecular formula is C16H15ClOS. The van der Waals surface area contributed by atoms with Gasteiger partial charge < -0.3 is 4.74 Å². The van der Waals surface area contributed by atoms with E-state index < -0.39 is 0 Å². The Morgan fingerprint density at radius 3 is 2.79 bits per heavy atom. The number of para-hydroxylation sites is 1. The molecule has 3 heteroatoms. The number of halogens is 1. The number of thioether (sulfide) groups is 1. The summed E-state index contributed by atoms with van der Waals surface area (Å²) in [4.78, 5) is 1.39. The lowest BCUT2D eigenvalue weighted by molar-refractivity contribution is 0.296. The molecule has 1 heterocycles. The standard InChI is InChI=1S/C16H15ClOS/c17-9-12-5-1-3-7-15(12)18-10-13-11-19-16-8-4-2-6-14(13)16/h1-8,13H,9-11H2. The van der Waals surface area contributed by atoms with Crippen molar-refractivity contribution in [2.24, 2.45) is 0 Å². The third kappa shape index (κ3) is 2.75. The van der Waals surface area contributed by atoms with Crippen LogP contribution in [0.1, 0.15) is 17.0 Å². The van der Waals surface area contributed by atoms with Crippen LogP contribution in [-0.4, -0.2) is 12.4 Å². The molecule has 1 aliphatic rings. The summed E-state index contributed by atoms with van der Waals surface area (Å²) in [6, 6.07) is 16.6. The number of ether oxygens (including phenoxy) is 1. The Morgan fingerprint density at radius 2 is 1.89 bits per heavy atom. The van der Waals surface area contributed by atoms with Gasteiger partial charge in [-0.3, -0.25) is 0 Å². The lowest BCUT2D eigenvalue weighted by Crippen LogP contribution is -2.10. The Hall–Kier alpha value is -1.12. The van der Waals surface area contributed by atoms with Crippen LogP contribution < -0.4 is 4.74 Å². The van der Waals surface area contributed by atoms with Crippen LogP contribution in [0.25, 0.3) is 0 Å². The molecule has 1 nitrogen and oxygen atoms in total. The molecule has 0 spiro atoms. The van der Waals surface area contributed by atoms with E-state index in [4.69, 9.17) is 16.3 Å². The van der Waals surface area contributed by atoms with E-state index in [0.29, 0.717) is 11.8 Å². The molecule has 0 bridgehead atoms. The number of benzene rings is 2. The van der Waals surface area contributed by atoms with E-state index in [2.05, 4.69) is 24.3 Å². The van der Waals surface area contributed by atoms with E-state index in [1.165, 1.54) is 10.5 Å². The zero-order chi connectivity index (χ0) is 13.1. The molecule has 0 aromatic heterocycles. The molecular weight excluding hydrogens is 276 g/mol. The molecule has 19 heavy (non-hydrogen) atoms. The van der Waals surface area contributed by atoms with Crippen molar-refractivity contribution in [1.82, 2.24) is 0 Å². The lowest BCUT2D eigenvalue weighted by Gasteiger charge is -2.14. The van der Waals surface area contributed by atoms with Crippen molar-refractivity contribution < 1.29 is 4.74 Å². The zero-order valence-electron chi connectivity index (χ0n) is 10.5. The van der Waals surface area contributed by atoms with Gasteiger partial charge in [-0.2, -0.15) is 0 Å². The molecule has 1 unspecified atom stereocenters. The molecule has 98 valence electrons. The van der Waals surface area contributed by atoms with Crippen LogP contribution in [0.4, 0.5) is 0 Å². The van der Waals surface area contributed by atoms with Gasteiger partial charge in [-0.05, 0) is 17.7 Å². The van der Waals surface area contributed by atoms with Crippen LogP contribution in [0.15, 0.2) is 53.4 Å². The molecule has 2 aromatic rings. The van der Waals surface area contributed by atoms with Gasteiger partial charge in [0.05, 0.1) is 12.5 Å². The maximum atomic E-state index is 5.97. The molecule has 0 amide bonds. The molecule has 1 aliphatic heterocycles. The summed E-state index contributed by atoms with van der Waals surface area (Å²) in [7, 11) is 0. The molecule has 0 fully saturated rings. The Bertz CT molecular complexity index is 570. The largest absolute Gasteiger partial charge is 0.493 e. The third-order valence-electron chi connectivity index (χ3n) is 3.36. The molecule has 0 radical (unpaired) electrons. The molecule has 2 aromatic carbocycles. The summed E-state index contributed by atoms with van der Waals surface area (Å²) in [6.45, 7) is 0.720. The van der Waals surface area contributed by atoms with E-state index >= 15 is 0 Å². The molecule has 1 atom stereocenters. The van der Waals surface area contributed by atoms with Crippen molar-refractivity contribution in [3.05, 3.63) is 59.7 Å². The van der Waals surface area contributed by atoms with Gasteiger partial charge in [-0.25, -0.2) is 0 Å². The first-order valence-electron chi connectivity index (χ1n) is 6.37. The van der Waals surface area contributed by atoms with Crippen molar-refractivity contribution in [3.63, 3.8) is 0 Å². The SMILES string of the molecule is ClCc1ccccc1OCC1CSc2ccccc21. The summed E-state index contributed by atoms with van der Waals surface area (Å²) in [6.07, 6.45) is 0. The smallest absolute Gasteiger partial charge is 0.123 e. The number of hydrogen-bond donors (Lipinski definition) is 0. The normalized spacial score (nSPS) is 17.2.